The van der Waals surface area contributed by atoms with Gasteiger partial charge in [-0.2, -0.15) is 0 Å². The van der Waals surface area contributed by atoms with Crippen LogP contribution in [0.2, 0.25) is 0 Å². The summed E-state index contributed by atoms with van der Waals surface area (Å²) >= 11 is 0. The number of hydrogen-bond donors (Lipinski definition) is 2. The van der Waals surface area contributed by atoms with Crippen molar-refractivity contribution < 1.29 is 14.4 Å². The quantitative estimate of drug-likeness (QED) is 0.829. The highest BCUT2D eigenvalue weighted by Gasteiger charge is 2.13. The van der Waals surface area contributed by atoms with E-state index < -0.39 is 0 Å². The van der Waals surface area contributed by atoms with Gasteiger partial charge in [-0.15, -0.1) is 0 Å². The van der Waals surface area contributed by atoms with Gasteiger partial charge in [-0.05, 0) is 31.0 Å². The zero-order valence-electron chi connectivity index (χ0n) is 13.5. The first-order valence-corrected chi connectivity index (χ1v) is 7.15. The highest BCUT2D eigenvalue weighted by atomic mass is 16.2. The van der Waals surface area contributed by atoms with Gasteiger partial charge in [-0.3, -0.25) is 14.4 Å². The summed E-state index contributed by atoms with van der Waals surface area (Å²) in [5.41, 5.74) is 2.86. The first kappa shape index (κ1) is 17.7. The fourth-order valence-corrected chi connectivity index (χ4v) is 1.92. The molecule has 0 saturated carbocycles. The molecule has 2 N–H and O–H groups in total. The molecule has 0 aliphatic carbocycles. The predicted molar refractivity (Wildman–Crippen MR) is 85.5 cm³/mol. The summed E-state index contributed by atoms with van der Waals surface area (Å²) in [7, 11) is 1.57. The van der Waals surface area contributed by atoms with Gasteiger partial charge in [-0.1, -0.05) is 12.1 Å². The van der Waals surface area contributed by atoms with Crippen molar-refractivity contribution in [3.05, 3.63) is 29.3 Å². The summed E-state index contributed by atoms with van der Waals surface area (Å²) < 4.78 is 0. The number of nitrogens with one attached hydrogen (secondary N) is 2. The van der Waals surface area contributed by atoms with Crippen LogP contribution in [-0.4, -0.2) is 42.8 Å². The predicted octanol–water partition coefficient (Wildman–Crippen LogP) is 1.23. The second kappa shape index (κ2) is 8.17. The van der Waals surface area contributed by atoms with E-state index in [1.807, 2.05) is 32.0 Å². The molecule has 6 heteroatoms. The first-order valence-electron chi connectivity index (χ1n) is 7.15. The number of likely N-dealkylation sites (N-methyl/N-ethyl adjacent to an activating group) is 1. The number of amides is 3. The highest BCUT2D eigenvalue weighted by molar-refractivity contribution is 5.95. The first-order chi connectivity index (χ1) is 10.3. The summed E-state index contributed by atoms with van der Waals surface area (Å²) in [5.74, 6) is -0.614. The van der Waals surface area contributed by atoms with Crippen LogP contribution in [0.25, 0.3) is 0 Å². The van der Waals surface area contributed by atoms with E-state index in [1.165, 1.54) is 11.8 Å². The SMILES string of the molecule is CC(=O)NCCC(=O)N(C)CC(=O)Nc1cccc(C)c1C. The molecule has 1 aromatic carbocycles. The summed E-state index contributed by atoms with van der Waals surface area (Å²) in [4.78, 5) is 35.9. The number of carbonyl (C=O) groups is 3. The molecule has 0 spiro atoms. The Balaban J connectivity index is 2.48. The largest absolute Gasteiger partial charge is 0.356 e. The van der Waals surface area contributed by atoms with Crippen LogP contribution in [0.5, 0.6) is 0 Å². The Labute approximate surface area is 130 Å². The number of hydrogen-bond acceptors (Lipinski definition) is 3. The lowest BCUT2D eigenvalue weighted by molar-refractivity contribution is -0.133. The number of carbonyl (C=O) groups excluding carboxylic acids is 3. The van der Waals surface area contributed by atoms with Crippen molar-refractivity contribution in [2.24, 2.45) is 0 Å². The maximum atomic E-state index is 12.0. The third-order valence-corrected chi connectivity index (χ3v) is 3.40. The molecule has 1 aromatic rings. The van der Waals surface area contributed by atoms with Crippen LogP contribution < -0.4 is 10.6 Å². The van der Waals surface area contributed by atoms with Gasteiger partial charge in [0.15, 0.2) is 0 Å². The number of nitrogens with zero attached hydrogens (tertiary/aromatic N) is 1. The topological polar surface area (TPSA) is 78.5 Å². The third-order valence-electron chi connectivity index (χ3n) is 3.40. The zero-order valence-corrected chi connectivity index (χ0v) is 13.5. The van der Waals surface area contributed by atoms with E-state index in [4.69, 9.17) is 0 Å². The Hall–Kier alpha value is -2.37. The van der Waals surface area contributed by atoms with Crippen LogP contribution in [-0.2, 0) is 14.4 Å². The fourth-order valence-electron chi connectivity index (χ4n) is 1.92. The molecule has 0 aliphatic heterocycles. The minimum absolute atomic E-state index is 0.0215. The smallest absolute Gasteiger partial charge is 0.243 e. The second-order valence-electron chi connectivity index (χ2n) is 5.28. The van der Waals surface area contributed by atoms with E-state index in [0.29, 0.717) is 0 Å². The average Bonchev–Trinajstić information content (AvgIpc) is 2.43. The van der Waals surface area contributed by atoms with Crippen LogP contribution in [0.15, 0.2) is 18.2 Å². The molecule has 22 heavy (non-hydrogen) atoms. The Bertz CT molecular complexity index is 570. The summed E-state index contributed by atoms with van der Waals surface area (Å²) in [5, 5.41) is 5.36. The molecule has 0 heterocycles. The van der Waals surface area contributed by atoms with Crippen molar-refractivity contribution in [2.75, 3.05) is 25.5 Å². The average molecular weight is 305 g/mol. The molecule has 1 rings (SSSR count). The van der Waals surface area contributed by atoms with E-state index in [1.54, 1.807) is 7.05 Å². The Morgan fingerprint density at radius 1 is 1.18 bits per heavy atom. The molecule has 0 fully saturated rings. The van der Waals surface area contributed by atoms with Gasteiger partial charge < -0.3 is 15.5 Å². The van der Waals surface area contributed by atoms with Crippen molar-refractivity contribution in [2.45, 2.75) is 27.2 Å². The van der Waals surface area contributed by atoms with Gasteiger partial charge in [0, 0.05) is 32.6 Å². The van der Waals surface area contributed by atoms with Crippen molar-refractivity contribution in [3.63, 3.8) is 0 Å². The monoisotopic (exact) mass is 305 g/mol. The lowest BCUT2D eigenvalue weighted by Gasteiger charge is -2.17. The molecular formula is C16H23N3O3. The Morgan fingerprint density at radius 3 is 2.50 bits per heavy atom. The summed E-state index contributed by atoms with van der Waals surface area (Å²) in [6.07, 6.45) is 0.173. The van der Waals surface area contributed by atoms with E-state index in [-0.39, 0.29) is 37.2 Å². The van der Waals surface area contributed by atoms with Gasteiger partial charge in [0.05, 0.1) is 6.54 Å². The van der Waals surface area contributed by atoms with E-state index in [0.717, 1.165) is 16.8 Å². The van der Waals surface area contributed by atoms with Gasteiger partial charge in [0.25, 0.3) is 0 Å². The molecule has 0 aliphatic rings. The Kier molecular flexibility index (Phi) is 6.56. The normalized spacial score (nSPS) is 10.0. The van der Waals surface area contributed by atoms with Gasteiger partial charge >= 0.3 is 0 Å². The zero-order chi connectivity index (χ0) is 16.7. The Morgan fingerprint density at radius 2 is 1.86 bits per heavy atom. The molecule has 0 bridgehead atoms. The van der Waals surface area contributed by atoms with Crippen molar-refractivity contribution in [3.8, 4) is 0 Å². The lowest BCUT2D eigenvalue weighted by atomic mass is 10.1. The third kappa shape index (κ3) is 5.55. The summed E-state index contributed by atoms with van der Waals surface area (Å²) in [6.45, 7) is 5.56. The molecule has 0 unspecified atom stereocenters. The standard InChI is InChI=1S/C16H23N3O3/c1-11-6-5-7-14(12(11)2)18-15(21)10-19(4)16(22)8-9-17-13(3)20/h5-7H,8-10H2,1-4H3,(H,17,20)(H,18,21). The van der Waals surface area contributed by atoms with Crippen molar-refractivity contribution >= 4 is 23.4 Å². The van der Waals surface area contributed by atoms with Crippen LogP contribution in [0, 0.1) is 13.8 Å². The second-order valence-corrected chi connectivity index (χ2v) is 5.28. The van der Waals surface area contributed by atoms with Crippen LogP contribution >= 0.6 is 0 Å². The highest BCUT2D eigenvalue weighted by Crippen LogP contribution is 2.17. The maximum Gasteiger partial charge on any atom is 0.243 e. The number of benzene rings is 1. The van der Waals surface area contributed by atoms with Gasteiger partial charge in [0.1, 0.15) is 0 Å². The number of aryl methyl sites for hydroxylation is 1. The van der Waals surface area contributed by atoms with Crippen LogP contribution in [0.1, 0.15) is 24.5 Å². The van der Waals surface area contributed by atoms with E-state index in [9.17, 15) is 14.4 Å². The van der Waals surface area contributed by atoms with Gasteiger partial charge in [-0.25, -0.2) is 0 Å². The molecule has 0 aromatic heterocycles. The number of rotatable bonds is 6. The molecule has 6 nitrogen and oxygen atoms in total. The molecule has 0 saturated heterocycles. The van der Waals surface area contributed by atoms with Gasteiger partial charge in [0.2, 0.25) is 17.7 Å². The van der Waals surface area contributed by atoms with E-state index >= 15 is 0 Å². The molecule has 0 radical (unpaired) electrons. The fraction of sp³-hybridized carbons (Fsp3) is 0.438. The lowest BCUT2D eigenvalue weighted by Crippen LogP contribution is -2.36. The van der Waals surface area contributed by atoms with E-state index in [2.05, 4.69) is 10.6 Å². The van der Waals surface area contributed by atoms with Crippen LogP contribution in [0.4, 0.5) is 5.69 Å². The van der Waals surface area contributed by atoms with Crippen molar-refractivity contribution in [1.82, 2.24) is 10.2 Å². The summed E-state index contributed by atoms with van der Waals surface area (Å²) in [6, 6.07) is 5.68. The minimum atomic E-state index is -0.246. The van der Waals surface area contributed by atoms with Crippen LogP contribution in [0.3, 0.4) is 0 Å². The maximum absolute atomic E-state index is 12.0. The number of anilines is 1. The molecular weight excluding hydrogens is 282 g/mol. The molecule has 120 valence electrons. The van der Waals surface area contributed by atoms with Crippen molar-refractivity contribution in [1.29, 1.82) is 0 Å². The molecule has 3 amide bonds. The molecule has 0 atom stereocenters. The minimum Gasteiger partial charge on any atom is -0.356 e.